The minimum absolute atomic E-state index is 0. The Kier molecular flexibility index (Phi) is 25.9. The number of hydrogen-bond donors (Lipinski definition) is 18. The van der Waals surface area contributed by atoms with Gasteiger partial charge < -0.3 is 123 Å². The monoisotopic (exact) mass is 1680 g/mol. The summed E-state index contributed by atoms with van der Waals surface area (Å²) < 4.78 is 41.0. The number of nitrogens with zero attached hydrogens (tertiary/aromatic N) is 1. The molecule has 7 aliphatic rings. The van der Waals surface area contributed by atoms with Crippen molar-refractivity contribution in [2.45, 2.75) is 161 Å². The molecule has 11 bridgehead atoms. The van der Waals surface area contributed by atoms with Crippen LogP contribution in [-0.2, 0) is 71.1 Å². The van der Waals surface area contributed by atoms with Gasteiger partial charge in [0, 0.05) is 64.0 Å². The van der Waals surface area contributed by atoms with Gasteiger partial charge in [-0.3, -0.25) is 33.6 Å². The number of nitrogens with one attached hydrogen (secondary N) is 7. The SMILES string of the molecule is CN[C@@H](CC(C)C)C(=O)N[C@H]1C(=O)N[C@@H](CC(N)=O)C(=O)N[C@H]2C(=O)NC3C(=O)N[C@H](C(=O)N[C@@H](C(=O)O)c4cc(O)cc(O)c4-c4cc3ccc4O)[C@H](O)c3ccc(c(Cl)c3)Oc3cc2cc(c3OC2OC(CSc3nc4cc(Cl)ccc4s3)C(O)C(O)C2OC2CC(C)(N)C(O)C(C)O2)Oc2ccc(cc2Cl)[C@H]1O.[V]. The predicted octanol–water partition coefficient (Wildman–Crippen LogP) is 4.17. The Bertz CT molecular complexity index is 4840. The van der Waals surface area contributed by atoms with Crippen molar-refractivity contribution in [3.63, 3.8) is 0 Å². The van der Waals surface area contributed by atoms with Crippen LogP contribution in [-0.4, -0.2) is 190 Å². The minimum atomic E-state index is -2.35. The number of hydrogen-bond acceptors (Lipinski definition) is 27. The summed E-state index contributed by atoms with van der Waals surface area (Å²) in [6.07, 6.45) is -18.0. The molecule has 0 saturated carbocycles. The van der Waals surface area contributed by atoms with E-state index in [4.69, 9.17) is 74.7 Å². The van der Waals surface area contributed by atoms with Gasteiger partial charge in [0.05, 0.1) is 51.0 Å². The first-order chi connectivity index (χ1) is 52.5. The summed E-state index contributed by atoms with van der Waals surface area (Å²) in [5.74, 6) is -16.0. The summed E-state index contributed by atoms with van der Waals surface area (Å²) in [4.78, 5) is 123. The fourth-order valence-electron chi connectivity index (χ4n) is 13.6. The third-order valence-electron chi connectivity index (χ3n) is 19.3. The second-order valence-electron chi connectivity index (χ2n) is 27.9. The maximum Gasteiger partial charge on any atom is 0.330 e. The molecule has 1 radical (unpaired) electrons. The van der Waals surface area contributed by atoms with Crippen LogP contribution in [0.15, 0.2) is 101 Å². The number of thioether (sulfide) groups is 1. The molecule has 10 unspecified atom stereocenters. The number of phenols is 3. The van der Waals surface area contributed by atoms with Gasteiger partial charge in [-0.25, -0.2) is 9.78 Å². The van der Waals surface area contributed by atoms with E-state index in [1.165, 1.54) is 50.4 Å². The van der Waals surface area contributed by atoms with Crippen molar-refractivity contribution in [1.82, 2.24) is 42.2 Å². The number of phenolic OH excluding ortho intramolecular Hbond substituents is 3. The predicted molar refractivity (Wildman–Crippen MR) is 398 cm³/mol. The molecule has 112 heavy (non-hydrogen) atoms. The van der Waals surface area contributed by atoms with E-state index in [9.17, 15) is 69.9 Å². The Morgan fingerprint density at radius 3 is 1.99 bits per heavy atom. The molecule has 1 aromatic heterocycles. The number of aromatic nitrogens is 1. The number of halogens is 3. The van der Waals surface area contributed by atoms with E-state index >= 15 is 14.4 Å². The van der Waals surface area contributed by atoms with Gasteiger partial charge in [0.15, 0.2) is 34.3 Å². The molecule has 7 aliphatic heterocycles. The average molecular weight is 1680 g/mol. The Hall–Kier alpha value is -8.83. The summed E-state index contributed by atoms with van der Waals surface area (Å²) in [7, 11) is 1.48. The number of carboxylic acid groups (broad SMARTS) is 1. The third kappa shape index (κ3) is 18.0. The largest absolute Gasteiger partial charge is 0.508 e. The van der Waals surface area contributed by atoms with E-state index in [1.54, 1.807) is 18.2 Å². The fraction of sp³-hybridized carbons (Fsp3) is 0.384. The van der Waals surface area contributed by atoms with Crippen molar-refractivity contribution >= 4 is 115 Å². The van der Waals surface area contributed by atoms with E-state index in [2.05, 4.69) is 42.2 Å². The van der Waals surface area contributed by atoms with E-state index in [0.717, 1.165) is 77.1 Å². The number of primary amides is 1. The molecule has 39 heteroatoms. The number of amides is 7. The third-order valence-corrected chi connectivity index (χ3v) is 22.4. The van der Waals surface area contributed by atoms with Crippen LogP contribution in [0.2, 0.25) is 15.1 Å². The minimum Gasteiger partial charge on any atom is -0.508 e. The summed E-state index contributed by atoms with van der Waals surface area (Å²) in [5.41, 5.74) is 8.79. The van der Waals surface area contributed by atoms with Gasteiger partial charge in [0.2, 0.25) is 53.4 Å². The molecule has 8 heterocycles. The van der Waals surface area contributed by atoms with Gasteiger partial charge in [-0.1, -0.05) is 78.6 Å². The molecular weight excluding hydrogens is 1610 g/mol. The van der Waals surface area contributed by atoms with Crippen molar-refractivity contribution < 1.29 is 131 Å². The van der Waals surface area contributed by atoms with Gasteiger partial charge in [-0.05, 0) is 128 Å². The number of carbonyl (C=O) groups excluding carboxylic acids is 7. The summed E-state index contributed by atoms with van der Waals surface area (Å²) in [5, 5.41) is 123. The number of fused-ring (bicyclic) bond motifs is 16. The number of ether oxygens (including phenoxy) is 6. The number of carbonyl (C=O) groups is 8. The average Bonchev–Trinajstić information content (AvgIpc) is 0.872. The standard InChI is InChI=1S/C73H77Cl3N10O23S2.V/c1-26(2)14-39(79-5)64(96)85-55-57(91)29-7-11-43(36(75)16-29)105-45-18-31-19-46(61(45)109-71-62(108-50-24-73(4,78)63(95)27(3)104-50)60(94)59(93)47(107-71)25-110-72-81-38-20-32(74)9-13-48(38)111-72)106-44-12-8-30(17-37(44)76)58(92)56-69(101)84-54(70(102)103)35-21-33(87)22-42(89)51(35)34-15-28(6-10-41(34)88)52(66(98)86-56)83-67(99)53(31)82-65(97)40(23-49(77)90)80-68(55)100;/h6-13,15-22,26-27,39-40,47,50,52-60,62-63,71,79,87-89,91-95H,14,23-25,78H2,1-5H3,(H2,77,90)(H,80,100)(H,82,97)(H,83,99)(H,84,101)(H,85,96)(H,86,98)(H,102,103);/t27?,39-,40-,47?,50?,52?,53+,54+,55+,56-,57+,58+,59?,60?,62?,63?,71?,73?;/m0./s1. The zero-order valence-electron chi connectivity index (χ0n) is 59.7. The first-order valence-corrected chi connectivity index (χ1v) is 37.5. The molecule has 2 fully saturated rings. The molecule has 0 spiro atoms. The number of thiazole rings is 1. The van der Waals surface area contributed by atoms with Crippen LogP contribution in [0, 0.1) is 5.92 Å². The van der Waals surface area contributed by atoms with Crippen molar-refractivity contribution in [1.29, 1.82) is 0 Å². The Labute approximate surface area is 672 Å². The van der Waals surface area contributed by atoms with Crippen LogP contribution >= 0.6 is 57.9 Å². The number of aromatic hydroxyl groups is 3. The number of aliphatic hydroxyl groups excluding tert-OH is 5. The number of carboxylic acids is 1. The van der Waals surface area contributed by atoms with E-state index in [-0.39, 0.29) is 76.3 Å². The fourth-order valence-corrected chi connectivity index (χ4v) is 16.3. The number of nitrogens with two attached hydrogens (primary N) is 2. The maximum absolute atomic E-state index is 16.2. The number of aliphatic hydroxyl groups is 5. The molecule has 14 rings (SSSR count). The summed E-state index contributed by atoms with van der Waals surface area (Å²) >= 11 is 23.1. The number of likely N-dealkylation sites (N-methyl/N-ethyl adjacent to an activating group) is 1. The molecule has 20 N–H and O–H groups in total. The Balaban J connectivity index is 0.0000124. The summed E-state index contributed by atoms with van der Waals surface area (Å²) in [6.45, 7) is 6.70. The first-order valence-electron chi connectivity index (χ1n) is 34.6. The molecule has 595 valence electrons. The van der Waals surface area contributed by atoms with Crippen LogP contribution in [0.4, 0.5) is 0 Å². The molecule has 6 aromatic carbocycles. The van der Waals surface area contributed by atoms with Gasteiger partial charge >= 0.3 is 5.97 Å². The van der Waals surface area contributed by atoms with Crippen LogP contribution < -0.4 is 62.9 Å². The molecule has 18 atom stereocenters. The van der Waals surface area contributed by atoms with Gasteiger partial charge in [0.1, 0.15) is 83.4 Å². The zero-order chi connectivity index (χ0) is 80.1. The smallest absolute Gasteiger partial charge is 0.330 e. The first kappa shape index (κ1) is 84.1. The van der Waals surface area contributed by atoms with Crippen LogP contribution in [0.5, 0.6) is 46.0 Å². The zero-order valence-corrected chi connectivity index (χ0v) is 65.0. The number of benzene rings is 6. The molecule has 0 aliphatic carbocycles. The quantitative estimate of drug-likeness (QED) is 0.0640. The van der Waals surface area contributed by atoms with E-state index in [1.807, 2.05) is 13.8 Å². The van der Waals surface area contributed by atoms with Crippen molar-refractivity contribution in [3.8, 4) is 57.1 Å². The van der Waals surface area contributed by atoms with E-state index < -0.39 is 225 Å². The molecule has 33 nitrogen and oxygen atoms in total. The normalized spacial score (nSPS) is 27.7. The van der Waals surface area contributed by atoms with Crippen molar-refractivity contribution in [3.05, 3.63) is 140 Å². The second kappa shape index (κ2) is 34.5. The van der Waals surface area contributed by atoms with Crippen LogP contribution in [0.1, 0.15) is 105 Å². The van der Waals surface area contributed by atoms with E-state index in [0.29, 0.717) is 14.9 Å². The number of aliphatic carboxylic acids is 1. The van der Waals surface area contributed by atoms with Gasteiger partial charge in [-0.2, -0.15) is 0 Å². The van der Waals surface area contributed by atoms with Crippen molar-refractivity contribution in [2.75, 3.05) is 12.8 Å². The maximum atomic E-state index is 16.2. The summed E-state index contributed by atoms with van der Waals surface area (Å²) in [6, 6.07) is 4.70. The van der Waals surface area contributed by atoms with Crippen LogP contribution in [0.25, 0.3) is 21.3 Å². The molecule has 7 aromatic rings. The molecule has 2 saturated heterocycles. The molecular formula is C73H77Cl3N10O23S2V. The topological polar surface area (TPSA) is 523 Å². The second-order valence-corrected chi connectivity index (χ2v) is 31.5. The van der Waals surface area contributed by atoms with Gasteiger partial charge in [0.25, 0.3) is 0 Å². The number of rotatable bonds is 15. The Morgan fingerprint density at radius 1 is 0.732 bits per heavy atom. The molecule has 7 amide bonds. The Morgan fingerprint density at radius 2 is 1.37 bits per heavy atom. The van der Waals surface area contributed by atoms with Crippen LogP contribution in [0.3, 0.4) is 0 Å². The van der Waals surface area contributed by atoms with Gasteiger partial charge in [-0.15, -0.1) is 11.3 Å². The van der Waals surface area contributed by atoms with Crippen molar-refractivity contribution in [2.24, 2.45) is 17.4 Å².